The number of carbonyl (C=O) groups is 1. The molecular weight excluding hydrogens is 434 g/mol. The van der Waals surface area contributed by atoms with Crippen LogP contribution in [-0.2, 0) is 14.8 Å². The Morgan fingerprint density at radius 3 is 2.16 bits per heavy atom. The molecular formula is C23H32ClN3O3S. The van der Waals surface area contributed by atoms with E-state index in [0.717, 1.165) is 24.9 Å². The molecule has 31 heavy (non-hydrogen) atoms. The molecule has 0 atom stereocenters. The molecule has 4 bridgehead atoms. The van der Waals surface area contributed by atoms with Crippen molar-refractivity contribution in [1.82, 2.24) is 9.62 Å². The van der Waals surface area contributed by atoms with Crippen molar-refractivity contribution in [2.24, 2.45) is 23.2 Å². The molecule has 5 fully saturated rings. The predicted octanol–water partition coefficient (Wildman–Crippen LogP) is 3.12. The van der Waals surface area contributed by atoms with Gasteiger partial charge in [0.2, 0.25) is 15.9 Å². The average Bonchev–Trinajstić information content (AvgIpc) is 2.73. The second-order valence-electron chi connectivity index (χ2n) is 10.1. The van der Waals surface area contributed by atoms with Gasteiger partial charge in [0, 0.05) is 38.1 Å². The van der Waals surface area contributed by atoms with Crippen molar-refractivity contribution in [2.75, 3.05) is 43.4 Å². The van der Waals surface area contributed by atoms with E-state index in [0.29, 0.717) is 49.0 Å². The number of nitrogens with one attached hydrogen (secondary N) is 1. The number of hydrogen-bond donors (Lipinski definition) is 1. The Kier molecular flexibility index (Phi) is 5.72. The minimum atomic E-state index is -3.39. The molecule has 1 aromatic carbocycles. The Balaban J connectivity index is 1.13. The summed E-state index contributed by atoms with van der Waals surface area (Å²) in [6.07, 6.45) is 6.88. The number of halogens is 1. The second kappa shape index (κ2) is 8.23. The number of sulfonamides is 1. The first-order valence-electron chi connectivity index (χ1n) is 11.6. The third kappa shape index (κ3) is 4.21. The number of piperazine rings is 1. The summed E-state index contributed by atoms with van der Waals surface area (Å²) in [7, 11) is -3.39. The van der Waals surface area contributed by atoms with Crippen LogP contribution in [0.5, 0.6) is 0 Å². The highest BCUT2D eigenvalue weighted by atomic mass is 35.5. The normalized spacial score (nSPS) is 32.9. The molecule has 4 aliphatic carbocycles. The average molecular weight is 466 g/mol. The highest BCUT2D eigenvalue weighted by Crippen LogP contribution is 2.60. The minimum Gasteiger partial charge on any atom is -0.368 e. The zero-order valence-electron chi connectivity index (χ0n) is 17.9. The number of para-hydroxylation sites is 1. The third-order valence-corrected chi connectivity index (χ3v) is 10.2. The van der Waals surface area contributed by atoms with Gasteiger partial charge in [-0.1, -0.05) is 23.7 Å². The van der Waals surface area contributed by atoms with Crippen LogP contribution in [0.1, 0.15) is 38.5 Å². The fourth-order valence-electron chi connectivity index (χ4n) is 6.91. The van der Waals surface area contributed by atoms with E-state index >= 15 is 0 Å². The van der Waals surface area contributed by atoms with Crippen LogP contribution in [-0.4, -0.2) is 57.1 Å². The monoisotopic (exact) mass is 465 g/mol. The summed E-state index contributed by atoms with van der Waals surface area (Å²) in [4.78, 5) is 15.2. The van der Waals surface area contributed by atoms with Gasteiger partial charge in [-0.2, -0.15) is 4.31 Å². The van der Waals surface area contributed by atoms with Gasteiger partial charge in [0.1, 0.15) is 0 Å². The van der Waals surface area contributed by atoms with Gasteiger partial charge in [-0.3, -0.25) is 4.79 Å². The number of amides is 1. The quantitative estimate of drug-likeness (QED) is 0.700. The van der Waals surface area contributed by atoms with Crippen LogP contribution >= 0.6 is 11.6 Å². The maximum absolute atomic E-state index is 13.1. The highest BCUT2D eigenvalue weighted by Gasteiger charge is 2.54. The van der Waals surface area contributed by atoms with Gasteiger partial charge in [-0.25, -0.2) is 8.42 Å². The SMILES string of the molecule is O=C(NCCS(=O)(=O)N1CCN(c2ccccc2Cl)CC1)C12CC3CC(CC(C3)C1)C2. The van der Waals surface area contributed by atoms with Crippen LogP contribution in [0.2, 0.25) is 5.02 Å². The summed E-state index contributed by atoms with van der Waals surface area (Å²) in [5.41, 5.74) is 0.725. The van der Waals surface area contributed by atoms with Crippen molar-refractivity contribution in [3.8, 4) is 0 Å². The molecule has 1 N–H and O–H groups in total. The third-order valence-electron chi connectivity index (χ3n) is 7.99. The van der Waals surface area contributed by atoms with Gasteiger partial charge in [-0.05, 0) is 68.4 Å². The summed E-state index contributed by atoms with van der Waals surface area (Å²) in [6.45, 7) is 2.31. The summed E-state index contributed by atoms with van der Waals surface area (Å²) in [6, 6.07) is 7.65. The standard InChI is InChI=1S/C23H32ClN3O3S/c24-20-3-1-2-4-21(20)26-6-8-27(9-7-26)31(29,30)10-5-25-22(28)23-14-17-11-18(15-23)13-19(12-17)16-23/h1-4,17-19H,5-16H2,(H,25,28). The topological polar surface area (TPSA) is 69.7 Å². The lowest BCUT2D eigenvalue weighted by molar-refractivity contribution is -0.146. The number of nitrogens with zero attached hydrogens (tertiary/aromatic N) is 2. The van der Waals surface area contributed by atoms with Crippen LogP contribution in [0.15, 0.2) is 24.3 Å². The maximum Gasteiger partial charge on any atom is 0.226 e. The Morgan fingerprint density at radius 1 is 1.00 bits per heavy atom. The smallest absolute Gasteiger partial charge is 0.226 e. The van der Waals surface area contributed by atoms with Crippen LogP contribution in [0.4, 0.5) is 5.69 Å². The van der Waals surface area contributed by atoms with E-state index in [9.17, 15) is 13.2 Å². The lowest BCUT2D eigenvalue weighted by atomic mass is 9.49. The Labute approximate surface area is 190 Å². The summed E-state index contributed by atoms with van der Waals surface area (Å²) in [5, 5.41) is 3.69. The van der Waals surface area contributed by atoms with Crippen LogP contribution in [0.25, 0.3) is 0 Å². The van der Waals surface area contributed by atoms with E-state index in [2.05, 4.69) is 10.2 Å². The van der Waals surface area contributed by atoms with Crippen LogP contribution < -0.4 is 10.2 Å². The largest absolute Gasteiger partial charge is 0.368 e. The predicted molar refractivity (Wildman–Crippen MR) is 123 cm³/mol. The Bertz CT molecular complexity index is 908. The first-order valence-corrected chi connectivity index (χ1v) is 13.6. The molecule has 1 aromatic rings. The molecule has 0 radical (unpaired) electrons. The van der Waals surface area contributed by atoms with Gasteiger partial charge >= 0.3 is 0 Å². The number of hydrogen-bond acceptors (Lipinski definition) is 4. The molecule has 170 valence electrons. The van der Waals surface area contributed by atoms with E-state index in [-0.39, 0.29) is 23.6 Å². The van der Waals surface area contributed by atoms with Gasteiger partial charge in [0.15, 0.2) is 0 Å². The molecule has 5 aliphatic rings. The zero-order chi connectivity index (χ0) is 21.6. The molecule has 8 heteroatoms. The fraction of sp³-hybridized carbons (Fsp3) is 0.696. The molecule has 1 saturated heterocycles. The summed E-state index contributed by atoms with van der Waals surface area (Å²) < 4.78 is 27.3. The van der Waals surface area contributed by atoms with Crippen molar-refractivity contribution in [2.45, 2.75) is 38.5 Å². The van der Waals surface area contributed by atoms with Crippen molar-refractivity contribution in [1.29, 1.82) is 0 Å². The first kappa shape index (κ1) is 21.5. The number of benzene rings is 1. The first-order chi connectivity index (χ1) is 14.8. The van der Waals surface area contributed by atoms with E-state index in [4.69, 9.17) is 11.6 Å². The highest BCUT2D eigenvalue weighted by molar-refractivity contribution is 7.89. The molecule has 0 spiro atoms. The van der Waals surface area contributed by atoms with E-state index in [1.807, 2.05) is 24.3 Å². The fourth-order valence-corrected chi connectivity index (χ4v) is 8.51. The molecule has 1 aliphatic heterocycles. The maximum atomic E-state index is 13.1. The molecule has 6 rings (SSSR count). The van der Waals surface area contributed by atoms with Gasteiger partial charge in [-0.15, -0.1) is 0 Å². The van der Waals surface area contributed by atoms with E-state index in [1.54, 1.807) is 4.31 Å². The lowest BCUT2D eigenvalue weighted by Crippen LogP contribution is -2.54. The minimum absolute atomic E-state index is 0.0306. The van der Waals surface area contributed by atoms with Crippen molar-refractivity contribution >= 4 is 33.2 Å². The molecule has 0 unspecified atom stereocenters. The number of anilines is 1. The molecule has 0 aromatic heterocycles. The van der Waals surface area contributed by atoms with Crippen LogP contribution in [0, 0.1) is 23.2 Å². The van der Waals surface area contributed by atoms with Gasteiger partial charge in [0.25, 0.3) is 0 Å². The second-order valence-corrected chi connectivity index (χ2v) is 12.6. The number of carbonyl (C=O) groups excluding carboxylic acids is 1. The zero-order valence-corrected chi connectivity index (χ0v) is 19.5. The van der Waals surface area contributed by atoms with Crippen molar-refractivity contribution in [3.05, 3.63) is 29.3 Å². The summed E-state index contributed by atoms with van der Waals surface area (Å²) >= 11 is 6.28. The Morgan fingerprint density at radius 2 is 1.58 bits per heavy atom. The molecule has 4 saturated carbocycles. The van der Waals surface area contributed by atoms with Crippen molar-refractivity contribution in [3.63, 3.8) is 0 Å². The van der Waals surface area contributed by atoms with E-state index in [1.165, 1.54) is 19.3 Å². The Hall–Kier alpha value is -1.31. The number of rotatable bonds is 6. The van der Waals surface area contributed by atoms with Gasteiger partial charge < -0.3 is 10.2 Å². The van der Waals surface area contributed by atoms with Crippen LogP contribution in [0.3, 0.4) is 0 Å². The molecule has 6 nitrogen and oxygen atoms in total. The van der Waals surface area contributed by atoms with E-state index < -0.39 is 10.0 Å². The summed E-state index contributed by atoms with van der Waals surface area (Å²) in [5.74, 6) is 2.18. The molecule has 1 amide bonds. The molecule has 1 heterocycles. The van der Waals surface area contributed by atoms with Crippen molar-refractivity contribution < 1.29 is 13.2 Å². The lowest BCUT2D eigenvalue weighted by Gasteiger charge is -2.55. The van der Waals surface area contributed by atoms with Gasteiger partial charge in [0.05, 0.1) is 16.5 Å².